The molecule has 1 aliphatic heterocycles. The lowest BCUT2D eigenvalue weighted by molar-refractivity contribution is -0.121. The fourth-order valence-electron chi connectivity index (χ4n) is 3.66. The van der Waals surface area contributed by atoms with Crippen molar-refractivity contribution >= 4 is 21.7 Å². The van der Waals surface area contributed by atoms with Gasteiger partial charge in [-0.1, -0.05) is 48.5 Å². The molecule has 2 amide bonds. The summed E-state index contributed by atoms with van der Waals surface area (Å²) >= 11 is 0. The van der Waals surface area contributed by atoms with Crippen LogP contribution in [0.4, 0.5) is 0 Å². The maximum Gasteiger partial charge on any atom is 0.290 e. The Morgan fingerprint density at radius 3 is 2.39 bits per heavy atom. The number of amides is 2. The molecular weight excluding hydrogens is 416 g/mol. The van der Waals surface area contributed by atoms with Crippen molar-refractivity contribution in [3.05, 3.63) is 89.9 Å². The molecule has 1 saturated heterocycles. The summed E-state index contributed by atoms with van der Waals surface area (Å²) in [5, 5.41) is 2.79. The maximum absolute atomic E-state index is 13.2. The molecule has 1 N–H and O–H groups in total. The Hall–Kier alpha value is -3.39. The van der Waals surface area contributed by atoms with Crippen LogP contribution in [-0.4, -0.2) is 38.2 Å². The van der Waals surface area contributed by atoms with E-state index in [0.717, 1.165) is 5.56 Å². The highest BCUT2D eigenvalue weighted by atomic mass is 32.2. The van der Waals surface area contributed by atoms with Gasteiger partial charge in [0.1, 0.15) is 11.5 Å². The van der Waals surface area contributed by atoms with E-state index < -0.39 is 15.9 Å². The monoisotopic (exact) mass is 438 g/mol. The molecule has 2 heterocycles. The molecule has 0 spiro atoms. The zero-order valence-electron chi connectivity index (χ0n) is 16.7. The van der Waals surface area contributed by atoms with E-state index in [1.54, 1.807) is 23.1 Å². The third-order valence-corrected chi connectivity index (χ3v) is 6.84. The zero-order valence-corrected chi connectivity index (χ0v) is 17.5. The number of hydrogen-bond donors (Lipinski definition) is 1. The maximum atomic E-state index is 13.2. The van der Waals surface area contributed by atoms with Gasteiger partial charge in [0, 0.05) is 13.1 Å². The van der Waals surface area contributed by atoms with Crippen LogP contribution in [0, 0.1) is 0 Å². The number of carbonyl (C=O) groups excluding carboxylic acids is 2. The summed E-state index contributed by atoms with van der Waals surface area (Å²) in [6, 6.07) is 20.0. The first-order valence-corrected chi connectivity index (χ1v) is 11.6. The van der Waals surface area contributed by atoms with Crippen molar-refractivity contribution in [2.45, 2.75) is 23.1 Å². The largest absolute Gasteiger partial charge is 0.455 e. The third-order valence-electron chi connectivity index (χ3n) is 5.18. The average Bonchev–Trinajstić information content (AvgIpc) is 3.14. The van der Waals surface area contributed by atoms with Crippen molar-refractivity contribution in [3.8, 4) is 0 Å². The topological polar surface area (TPSA) is 96.7 Å². The van der Waals surface area contributed by atoms with Gasteiger partial charge in [-0.2, -0.15) is 0 Å². The van der Waals surface area contributed by atoms with Gasteiger partial charge in [-0.25, -0.2) is 8.42 Å². The number of sulfone groups is 1. The molecular formula is C23H22N2O5S. The number of rotatable bonds is 5. The molecule has 1 aromatic heterocycles. The highest BCUT2D eigenvalue weighted by Crippen LogP contribution is 2.28. The first-order chi connectivity index (χ1) is 14.9. The van der Waals surface area contributed by atoms with E-state index in [0.29, 0.717) is 13.1 Å². The summed E-state index contributed by atoms with van der Waals surface area (Å²) in [6.45, 7) is 0.659. The molecule has 0 saturated carbocycles. The summed E-state index contributed by atoms with van der Waals surface area (Å²) in [4.78, 5) is 27.2. The molecule has 0 aliphatic carbocycles. The summed E-state index contributed by atoms with van der Waals surface area (Å²) < 4.78 is 30.8. The van der Waals surface area contributed by atoms with E-state index in [1.165, 1.54) is 24.3 Å². The lowest BCUT2D eigenvalue weighted by Crippen LogP contribution is -2.36. The number of benzene rings is 2. The highest BCUT2D eigenvalue weighted by molar-refractivity contribution is 7.90. The van der Waals surface area contributed by atoms with E-state index in [2.05, 4.69) is 5.32 Å². The number of hydrogen-bond acceptors (Lipinski definition) is 5. The summed E-state index contributed by atoms with van der Waals surface area (Å²) in [5.41, 5.74) is 0.853. The van der Waals surface area contributed by atoms with Crippen LogP contribution in [0.25, 0.3) is 0 Å². The van der Waals surface area contributed by atoms with Gasteiger partial charge in [-0.05, 0) is 29.8 Å². The third kappa shape index (κ3) is 4.69. The Bertz CT molecular complexity index is 1170. The summed E-state index contributed by atoms with van der Waals surface area (Å²) in [5.74, 6) is -0.611. The molecule has 1 fully saturated rings. The van der Waals surface area contributed by atoms with Gasteiger partial charge < -0.3 is 14.6 Å². The first kappa shape index (κ1) is 20.9. The molecule has 7 nitrogen and oxygen atoms in total. The van der Waals surface area contributed by atoms with Crippen molar-refractivity contribution in [3.63, 3.8) is 0 Å². The molecule has 4 rings (SSSR count). The van der Waals surface area contributed by atoms with Gasteiger partial charge >= 0.3 is 0 Å². The van der Waals surface area contributed by atoms with Crippen LogP contribution in [0.2, 0.25) is 0 Å². The molecule has 3 aromatic rings. The highest BCUT2D eigenvalue weighted by Gasteiger charge is 2.32. The van der Waals surface area contributed by atoms with E-state index in [1.807, 2.05) is 30.3 Å². The van der Waals surface area contributed by atoms with E-state index in [-0.39, 0.29) is 40.4 Å². The lowest BCUT2D eigenvalue weighted by atomic mass is 10.0. The summed E-state index contributed by atoms with van der Waals surface area (Å²) in [7, 11) is -3.59. The molecule has 31 heavy (non-hydrogen) atoms. The Morgan fingerprint density at radius 2 is 1.68 bits per heavy atom. The van der Waals surface area contributed by atoms with Crippen LogP contribution < -0.4 is 5.32 Å². The van der Waals surface area contributed by atoms with Crippen LogP contribution >= 0.6 is 0 Å². The number of nitrogens with one attached hydrogen (secondary N) is 1. The van der Waals surface area contributed by atoms with Gasteiger partial charge in [0.25, 0.3) is 5.91 Å². The minimum Gasteiger partial charge on any atom is -0.455 e. The van der Waals surface area contributed by atoms with Gasteiger partial charge in [-0.3, -0.25) is 9.59 Å². The molecule has 2 aromatic carbocycles. The Morgan fingerprint density at radius 1 is 1.00 bits per heavy atom. The molecule has 0 radical (unpaired) electrons. The number of nitrogens with zero attached hydrogens (tertiary/aromatic N) is 1. The van der Waals surface area contributed by atoms with Crippen molar-refractivity contribution in [1.29, 1.82) is 0 Å². The van der Waals surface area contributed by atoms with Crippen molar-refractivity contribution < 1.29 is 22.4 Å². The molecule has 0 bridgehead atoms. The van der Waals surface area contributed by atoms with Crippen LogP contribution in [0.3, 0.4) is 0 Å². The van der Waals surface area contributed by atoms with Gasteiger partial charge in [0.15, 0.2) is 15.6 Å². The molecule has 1 atom stereocenters. The quantitative estimate of drug-likeness (QED) is 0.661. The smallest absolute Gasteiger partial charge is 0.290 e. The van der Waals surface area contributed by atoms with E-state index >= 15 is 0 Å². The van der Waals surface area contributed by atoms with Crippen molar-refractivity contribution in [1.82, 2.24) is 10.2 Å². The van der Waals surface area contributed by atoms with Gasteiger partial charge in [-0.15, -0.1) is 0 Å². The molecule has 8 heteroatoms. The van der Waals surface area contributed by atoms with Crippen molar-refractivity contribution in [2.75, 3.05) is 13.1 Å². The Balaban J connectivity index is 1.57. The van der Waals surface area contributed by atoms with Crippen molar-refractivity contribution in [2.24, 2.45) is 0 Å². The standard InChI is InChI=1S/C23H22N2O5S/c26-22-15-20(17-7-3-1-4-8-17)25(14-13-24-22)23(27)21-12-11-18(30-21)16-31(28,29)19-9-5-2-6-10-19/h1-12,20H,13-16H2,(H,24,26)/t20-/m0/s1. The molecule has 1 aliphatic rings. The second-order valence-electron chi connectivity index (χ2n) is 7.32. The average molecular weight is 439 g/mol. The Labute approximate surface area is 180 Å². The SMILES string of the molecule is O=C1C[C@@H](c2ccccc2)N(C(=O)c2ccc(CS(=O)(=O)c3ccccc3)o2)CCN1. The summed E-state index contributed by atoms with van der Waals surface area (Å²) in [6.07, 6.45) is 0.145. The van der Waals surface area contributed by atoms with E-state index in [9.17, 15) is 18.0 Å². The predicted octanol–water partition coefficient (Wildman–Crippen LogP) is 2.96. The van der Waals surface area contributed by atoms with Gasteiger partial charge in [0.05, 0.1) is 17.4 Å². The van der Waals surface area contributed by atoms with Crippen LogP contribution in [-0.2, 0) is 20.4 Å². The number of furan rings is 1. The van der Waals surface area contributed by atoms with Crippen LogP contribution in [0.15, 0.2) is 82.1 Å². The van der Waals surface area contributed by atoms with Crippen LogP contribution in [0.1, 0.15) is 34.3 Å². The van der Waals surface area contributed by atoms with E-state index in [4.69, 9.17) is 4.42 Å². The fourth-order valence-corrected chi connectivity index (χ4v) is 4.92. The van der Waals surface area contributed by atoms with Gasteiger partial charge in [0.2, 0.25) is 5.91 Å². The zero-order chi connectivity index (χ0) is 21.8. The first-order valence-electron chi connectivity index (χ1n) is 9.93. The minimum absolute atomic E-state index is 0.0496. The predicted molar refractivity (Wildman–Crippen MR) is 114 cm³/mol. The van der Waals surface area contributed by atoms with Crippen LogP contribution in [0.5, 0.6) is 0 Å². The minimum atomic E-state index is -3.59. The lowest BCUT2D eigenvalue weighted by Gasteiger charge is -2.28. The number of carbonyl (C=O) groups is 2. The Kier molecular flexibility index (Phi) is 5.90. The molecule has 160 valence electrons. The second kappa shape index (κ2) is 8.77. The normalized spacial score (nSPS) is 17.1. The fraction of sp³-hybridized carbons (Fsp3) is 0.217. The molecule has 0 unspecified atom stereocenters. The second-order valence-corrected chi connectivity index (χ2v) is 9.31.